The van der Waals surface area contributed by atoms with Crippen LogP contribution in [0.25, 0.3) is 0 Å². The van der Waals surface area contributed by atoms with Crippen molar-refractivity contribution in [2.24, 2.45) is 0 Å². The second kappa shape index (κ2) is 6.70. The first-order valence-electron chi connectivity index (χ1n) is 6.42. The zero-order valence-corrected chi connectivity index (χ0v) is 12.4. The molecule has 4 nitrogen and oxygen atoms in total. The average molecular weight is 283 g/mol. The Bertz CT molecular complexity index is 511. The molecule has 0 saturated carbocycles. The summed E-state index contributed by atoms with van der Waals surface area (Å²) < 4.78 is 23.2. The van der Waals surface area contributed by atoms with Crippen LogP contribution in [0.1, 0.15) is 32.3 Å². The molecule has 0 aliphatic rings. The molecule has 0 spiro atoms. The molecular formula is C14H21NO3S. The van der Waals surface area contributed by atoms with Crippen molar-refractivity contribution < 1.29 is 13.2 Å². The van der Waals surface area contributed by atoms with Gasteiger partial charge < -0.3 is 5.32 Å². The first-order chi connectivity index (χ1) is 8.88. The maximum Gasteiger partial charge on any atom is 0.238 e. The zero-order chi connectivity index (χ0) is 14.5. The van der Waals surface area contributed by atoms with E-state index in [1.54, 1.807) is 6.92 Å². The third-order valence-electron chi connectivity index (χ3n) is 3.26. The number of nitrogens with one attached hydrogen (secondary N) is 1. The number of hydrogen-bond acceptors (Lipinski definition) is 3. The maximum absolute atomic E-state index is 11.8. The van der Waals surface area contributed by atoms with E-state index in [4.69, 9.17) is 0 Å². The number of hydrogen-bond donors (Lipinski definition) is 1. The topological polar surface area (TPSA) is 63.2 Å². The lowest BCUT2D eigenvalue weighted by molar-refractivity contribution is -0.120. The minimum Gasteiger partial charge on any atom is -0.354 e. The molecule has 0 radical (unpaired) electrons. The van der Waals surface area contributed by atoms with E-state index < -0.39 is 21.0 Å². The van der Waals surface area contributed by atoms with Gasteiger partial charge in [-0.3, -0.25) is 4.79 Å². The molecule has 1 aromatic rings. The minimum absolute atomic E-state index is 0.0180. The van der Waals surface area contributed by atoms with E-state index in [2.05, 4.69) is 5.32 Å². The fourth-order valence-corrected chi connectivity index (χ4v) is 2.62. The average Bonchev–Trinajstić information content (AvgIpc) is 2.44. The Kier molecular flexibility index (Phi) is 5.54. The van der Waals surface area contributed by atoms with Crippen LogP contribution in [0.5, 0.6) is 0 Å². The Balaban J connectivity index is 2.56. The van der Waals surface area contributed by atoms with Crippen LogP contribution in [0.3, 0.4) is 0 Å². The van der Waals surface area contributed by atoms with Gasteiger partial charge in [0.05, 0.1) is 0 Å². The van der Waals surface area contributed by atoms with Gasteiger partial charge in [-0.25, -0.2) is 8.42 Å². The molecule has 5 heteroatoms. The molecule has 1 amide bonds. The Morgan fingerprint density at radius 1 is 1.21 bits per heavy atom. The summed E-state index contributed by atoms with van der Waals surface area (Å²) in [4.78, 5) is 11.8. The summed E-state index contributed by atoms with van der Waals surface area (Å²) in [5.74, 6) is -0.290. The highest BCUT2D eigenvalue weighted by Crippen LogP contribution is 2.13. The van der Waals surface area contributed by atoms with Crippen molar-refractivity contribution in [3.63, 3.8) is 0 Å². The maximum atomic E-state index is 11.8. The van der Waals surface area contributed by atoms with E-state index in [1.807, 2.05) is 37.3 Å². The number of benzene rings is 1. The highest BCUT2D eigenvalue weighted by atomic mass is 32.2. The van der Waals surface area contributed by atoms with Crippen LogP contribution in [0.15, 0.2) is 30.3 Å². The molecule has 1 rings (SSSR count). The molecule has 0 heterocycles. The smallest absolute Gasteiger partial charge is 0.238 e. The first-order valence-corrected chi connectivity index (χ1v) is 8.14. The van der Waals surface area contributed by atoms with Crippen LogP contribution in [-0.2, 0) is 14.6 Å². The fraction of sp³-hybridized carbons (Fsp3) is 0.500. The third kappa shape index (κ3) is 4.35. The minimum atomic E-state index is -3.32. The highest BCUT2D eigenvalue weighted by Gasteiger charge is 2.26. The number of amides is 1. The van der Waals surface area contributed by atoms with Crippen LogP contribution >= 0.6 is 0 Å². The lowest BCUT2D eigenvalue weighted by Crippen LogP contribution is -2.40. The SMILES string of the molecule is CCS(=O)(=O)C(C)C(=O)NCC(C)c1ccccc1. The summed E-state index contributed by atoms with van der Waals surface area (Å²) in [5, 5.41) is 1.72. The molecule has 1 aromatic carbocycles. The Labute approximate surface area is 115 Å². The Hall–Kier alpha value is -1.36. The van der Waals surface area contributed by atoms with Crippen LogP contribution in [-0.4, -0.2) is 31.9 Å². The molecule has 1 N–H and O–H groups in total. The largest absolute Gasteiger partial charge is 0.354 e. The molecule has 0 saturated heterocycles. The van der Waals surface area contributed by atoms with E-state index in [0.29, 0.717) is 6.54 Å². The number of rotatable bonds is 6. The molecule has 0 aliphatic carbocycles. The summed E-state index contributed by atoms with van der Waals surface area (Å²) in [6.07, 6.45) is 0. The molecule has 106 valence electrons. The third-order valence-corrected chi connectivity index (χ3v) is 5.36. The van der Waals surface area contributed by atoms with Crippen molar-refractivity contribution in [3.05, 3.63) is 35.9 Å². The van der Waals surface area contributed by atoms with Gasteiger partial charge in [-0.15, -0.1) is 0 Å². The van der Waals surface area contributed by atoms with Gasteiger partial charge in [-0.1, -0.05) is 44.2 Å². The summed E-state index contributed by atoms with van der Waals surface area (Å²) >= 11 is 0. The van der Waals surface area contributed by atoms with Gasteiger partial charge in [-0.05, 0) is 18.4 Å². The molecule has 0 aliphatic heterocycles. The normalized spacial score (nSPS) is 14.7. The monoisotopic (exact) mass is 283 g/mol. The number of carbonyl (C=O) groups excluding carboxylic acids is 1. The molecule has 19 heavy (non-hydrogen) atoms. The molecule has 0 fully saturated rings. The van der Waals surface area contributed by atoms with Gasteiger partial charge in [-0.2, -0.15) is 0 Å². The van der Waals surface area contributed by atoms with Crippen molar-refractivity contribution in [2.75, 3.05) is 12.3 Å². The first kappa shape index (κ1) is 15.7. The van der Waals surface area contributed by atoms with Crippen LogP contribution in [0, 0.1) is 0 Å². The summed E-state index contributed by atoms with van der Waals surface area (Å²) in [7, 11) is -3.32. The summed E-state index contributed by atoms with van der Waals surface area (Å²) in [6.45, 7) is 5.41. The van der Waals surface area contributed by atoms with Gasteiger partial charge in [0.15, 0.2) is 9.84 Å². The molecule has 0 aromatic heterocycles. The second-order valence-corrected chi connectivity index (χ2v) is 7.26. The fourth-order valence-electron chi connectivity index (χ4n) is 1.71. The van der Waals surface area contributed by atoms with Crippen molar-refractivity contribution in [1.82, 2.24) is 5.32 Å². The molecule has 2 atom stereocenters. The number of carbonyl (C=O) groups is 1. The van der Waals surface area contributed by atoms with Crippen molar-refractivity contribution in [2.45, 2.75) is 31.9 Å². The van der Waals surface area contributed by atoms with Crippen molar-refractivity contribution >= 4 is 15.7 Å². The Morgan fingerprint density at radius 3 is 2.32 bits per heavy atom. The van der Waals surface area contributed by atoms with Gasteiger partial charge in [0.1, 0.15) is 5.25 Å². The van der Waals surface area contributed by atoms with Gasteiger partial charge in [0.2, 0.25) is 5.91 Å². The number of sulfone groups is 1. The van der Waals surface area contributed by atoms with E-state index in [1.165, 1.54) is 6.92 Å². The van der Waals surface area contributed by atoms with Crippen LogP contribution in [0.2, 0.25) is 0 Å². The second-order valence-electron chi connectivity index (χ2n) is 4.65. The van der Waals surface area contributed by atoms with Gasteiger partial charge in [0, 0.05) is 12.3 Å². The van der Waals surface area contributed by atoms with E-state index in [9.17, 15) is 13.2 Å². The predicted molar refractivity (Wildman–Crippen MR) is 76.8 cm³/mol. The van der Waals surface area contributed by atoms with Crippen molar-refractivity contribution in [3.8, 4) is 0 Å². The van der Waals surface area contributed by atoms with Crippen LogP contribution in [0.4, 0.5) is 0 Å². The standard InChI is InChI=1S/C14H21NO3S/c1-4-19(17,18)12(3)14(16)15-10-11(2)13-8-6-5-7-9-13/h5-9,11-12H,4,10H2,1-3H3,(H,15,16). The summed E-state index contributed by atoms with van der Waals surface area (Å²) in [5.41, 5.74) is 1.12. The molecule has 2 unspecified atom stereocenters. The van der Waals surface area contributed by atoms with E-state index >= 15 is 0 Å². The molecule has 0 bridgehead atoms. The quantitative estimate of drug-likeness (QED) is 0.865. The molecular weight excluding hydrogens is 262 g/mol. The highest BCUT2D eigenvalue weighted by molar-refractivity contribution is 7.92. The lowest BCUT2D eigenvalue weighted by atomic mass is 10.0. The van der Waals surface area contributed by atoms with Gasteiger partial charge >= 0.3 is 0 Å². The summed E-state index contributed by atoms with van der Waals surface area (Å²) in [6, 6.07) is 9.80. The zero-order valence-electron chi connectivity index (χ0n) is 11.6. The predicted octanol–water partition coefficient (Wildman–Crippen LogP) is 1.73. The van der Waals surface area contributed by atoms with E-state index in [-0.39, 0.29) is 11.7 Å². The Morgan fingerprint density at radius 2 is 1.79 bits per heavy atom. The lowest BCUT2D eigenvalue weighted by Gasteiger charge is -2.16. The van der Waals surface area contributed by atoms with Crippen molar-refractivity contribution in [1.29, 1.82) is 0 Å². The van der Waals surface area contributed by atoms with Gasteiger partial charge in [0.25, 0.3) is 0 Å². The van der Waals surface area contributed by atoms with E-state index in [0.717, 1.165) is 5.56 Å². The van der Waals surface area contributed by atoms with Crippen LogP contribution < -0.4 is 5.32 Å².